The van der Waals surface area contributed by atoms with E-state index in [0.717, 1.165) is 5.56 Å². The highest BCUT2D eigenvalue weighted by atomic mass is 16.5. The van der Waals surface area contributed by atoms with Crippen molar-refractivity contribution in [3.63, 3.8) is 0 Å². The number of hydrogen-bond acceptors (Lipinski definition) is 12. The molecule has 69 heavy (non-hydrogen) atoms. The molecule has 18 heteroatoms. The lowest BCUT2D eigenvalue weighted by Crippen LogP contribution is -2.63. The summed E-state index contributed by atoms with van der Waals surface area (Å²) in [5.74, 6) is -3.54. The Kier molecular flexibility index (Phi) is 18.4. The Labute approximate surface area is 405 Å². The normalized spacial score (nSPS) is 19.5. The number of carbonyl (C=O) groups is 7. The third kappa shape index (κ3) is 11.2. The van der Waals surface area contributed by atoms with E-state index in [-0.39, 0.29) is 49.9 Å². The maximum Gasteiger partial charge on any atom is 0.336 e. The fourth-order valence-corrected chi connectivity index (χ4v) is 9.58. The predicted molar refractivity (Wildman–Crippen MR) is 256 cm³/mol. The van der Waals surface area contributed by atoms with Crippen molar-refractivity contribution in [1.29, 1.82) is 0 Å². The van der Waals surface area contributed by atoms with E-state index in [0.29, 0.717) is 24.8 Å². The quantitative estimate of drug-likeness (QED) is 0.160. The van der Waals surface area contributed by atoms with Crippen molar-refractivity contribution in [2.75, 3.05) is 69.7 Å². The second kappa shape index (κ2) is 23.7. The lowest BCUT2D eigenvalue weighted by molar-refractivity contribution is -0.166. The molecule has 2 fully saturated rings. The second-order valence-electron chi connectivity index (χ2n) is 17.8. The molecule has 2 saturated heterocycles. The van der Waals surface area contributed by atoms with E-state index >= 15 is 4.79 Å². The minimum Gasteiger partial charge on any atom is -0.494 e. The predicted octanol–water partition coefficient (Wildman–Crippen LogP) is 3.42. The molecule has 0 spiro atoms. The minimum absolute atomic E-state index is 0.000472. The summed E-state index contributed by atoms with van der Waals surface area (Å²) in [7, 11) is 11.6. The molecule has 0 saturated carbocycles. The van der Waals surface area contributed by atoms with Crippen LogP contribution in [0.15, 0.2) is 79.0 Å². The molecule has 2 aromatic carbocycles. The van der Waals surface area contributed by atoms with E-state index in [9.17, 15) is 28.8 Å². The summed E-state index contributed by atoms with van der Waals surface area (Å²) in [6.07, 6.45) is 1.88. The lowest BCUT2D eigenvalue weighted by Gasteiger charge is -2.45. The second-order valence-corrected chi connectivity index (χ2v) is 17.8. The van der Waals surface area contributed by atoms with E-state index in [1.165, 1.54) is 85.1 Å². The zero-order chi connectivity index (χ0) is 50.7. The molecule has 0 bridgehead atoms. The van der Waals surface area contributed by atoms with Crippen LogP contribution in [0.1, 0.15) is 74.5 Å². The van der Waals surface area contributed by atoms with Gasteiger partial charge < -0.3 is 48.3 Å². The first-order chi connectivity index (χ1) is 32.9. The Balaban J connectivity index is 1.44. The zero-order valence-electron chi connectivity index (χ0n) is 41.8. The number of likely N-dealkylation sites (N-methyl/N-ethyl adjacent to an activating group) is 4. The Bertz CT molecular complexity index is 2290. The molecule has 2 aliphatic heterocycles. The number of aromatic nitrogens is 1. The van der Waals surface area contributed by atoms with Gasteiger partial charge in [0.1, 0.15) is 36.0 Å². The Morgan fingerprint density at radius 1 is 0.754 bits per heavy atom. The van der Waals surface area contributed by atoms with Crippen LogP contribution >= 0.6 is 0 Å². The highest BCUT2D eigenvalue weighted by molar-refractivity contribution is 6.00. The standard InChI is InChI=1S/C51H69N7O11/c1-12-37(53(4)49(64)43(33(2)66-8)55(6)48(63)42-41(68-10)26-19-28-52-42)46(61)57-29-20-25-38(57)44(59)54(5)39(31-34-21-15-13-16-22-34)47(62)58-30-27-36(67-9)32-40(58)45(60)56(7)51(3,50(65)69-11)35-23-17-14-18-24-35/h13-19,21-24,26,28,33,36-40,43H,12,20,25,27,29-32H2,1-11H3. The number of pyridine rings is 1. The average Bonchev–Trinajstić information content (AvgIpc) is 3.89. The van der Waals surface area contributed by atoms with E-state index in [4.69, 9.17) is 18.9 Å². The van der Waals surface area contributed by atoms with E-state index in [1.54, 1.807) is 70.3 Å². The highest BCUT2D eigenvalue weighted by Gasteiger charge is 2.50. The topological polar surface area (TPSA) is 189 Å². The first kappa shape index (κ1) is 53.6. The van der Waals surface area contributed by atoms with Crippen LogP contribution in [0, 0.1) is 0 Å². The van der Waals surface area contributed by atoms with Gasteiger partial charge in [0.05, 0.1) is 26.4 Å². The molecule has 0 aliphatic carbocycles. The largest absolute Gasteiger partial charge is 0.494 e. The number of hydrogen-bond donors (Lipinski definition) is 0. The van der Waals surface area contributed by atoms with Crippen molar-refractivity contribution in [2.45, 2.75) is 107 Å². The lowest BCUT2D eigenvalue weighted by atomic mass is 9.88. The number of nitrogens with zero attached hydrogens (tertiary/aromatic N) is 7. The van der Waals surface area contributed by atoms with Gasteiger partial charge in [-0.3, -0.25) is 28.8 Å². The molecule has 1 aromatic heterocycles. The van der Waals surface area contributed by atoms with E-state index in [2.05, 4.69) is 4.98 Å². The van der Waals surface area contributed by atoms with Gasteiger partial charge in [-0.2, -0.15) is 0 Å². The van der Waals surface area contributed by atoms with Gasteiger partial charge >= 0.3 is 5.97 Å². The van der Waals surface area contributed by atoms with Crippen LogP contribution in [-0.2, 0) is 54.9 Å². The van der Waals surface area contributed by atoms with Crippen molar-refractivity contribution < 1.29 is 52.5 Å². The number of likely N-dealkylation sites (tertiary alicyclic amines) is 2. The van der Waals surface area contributed by atoms with Crippen LogP contribution in [0.25, 0.3) is 0 Å². The van der Waals surface area contributed by atoms with Crippen molar-refractivity contribution in [3.8, 4) is 5.75 Å². The zero-order valence-corrected chi connectivity index (χ0v) is 41.8. The number of ether oxygens (including phenoxy) is 4. The van der Waals surface area contributed by atoms with Gasteiger partial charge in [0.25, 0.3) is 5.91 Å². The van der Waals surface area contributed by atoms with E-state index < -0.39 is 83.3 Å². The Morgan fingerprint density at radius 2 is 1.38 bits per heavy atom. The third-order valence-corrected chi connectivity index (χ3v) is 14.1. The Morgan fingerprint density at radius 3 is 1.97 bits per heavy atom. The Hall–Kier alpha value is -6.40. The fraction of sp³-hybridized carbons (Fsp3) is 0.529. The van der Waals surface area contributed by atoms with Crippen molar-refractivity contribution >= 4 is 41.4 Å². The first-order valence-electron chi connectivity index (χ1n) is 23.3. The van der Waals surface area contributed by atoms with Crippen LogP contribution < -0.4 is 4.74 Å². The molecule has 18 nitrogen and oxygen atoms in total. The molecule has 5 rings (SSSR count). The van der Waals surface area contributed by atoms with E-state index in [1.807, 2.05) is 30.3 Å². The number of rotatable bonds is 19. The van der Waals surface area contributed by atoms with Crippen molar-refractivity contribution in [3.05, 3.63) is 95.8 Å². The van der Waals surface area contributed by atoms with Crippen LogP contribution in [0.5, 0.6) is 5.75 Å². The molecule has 3 aromatic rings. The monoisotopic (exact) mass is 956 g/mol. The number of benzene rings is 2. The summed E-state index contributed by atoms with van der Waals surface area (Å²) in [6, 6.07) is 15.8. The molecular weight excluding hydrogens is 887 g/mol. The van der Waals surface area contributed by atoms with Crippen LogP contribution in [0.3, 0.4) is 0 Å². The van der Waals surface area contributed by atoms with Gasteiger partial charge in [-0.05, 0) is 62.8 Å². The molecule has 2 aliphatic rings. The maximum absolute atomic E-state index is 15.3. The molecule has 6 amide bonds. The van der Waals surface area contributed by atoms with Gasteiger partial charge in [0.15, 0.2) is 11.2 Å². The maximum atomic E-state index is 15.3. The summed E-state index contributed by atoms with van der Waals surface area (Å²) < 4.78 is 21.9. The van der Waals surface area contributed by atoms with Gasteiger partial charge in [-0.1, -0.05) is 67.6 Å². The molecule has 374 valence electrons. The fourth-order valence-electron chi connectivity index (χ4n) is 9.58. The SMILES string of the molecule is CCC(C(=O)N1CCCC1C(=O)N(C)C(Cc1ccccc1)C(=O)N1CCC(OC)CC1C(=O)N(C)C(C)(C(=O)OC)c1ccccc1)N(C)C(=O)C(C(C)OC)N(C)C(=O)c1ncccc1OC. The van der Waals surface area contributed by atoms with Gasteiger partial charge in [0.2, 0.25) is 29.5 Å². The summed E-state index contributed by atoms with van der Waals surface area (Å²) in [5.41, 5.74) is -0.281. The molecule has 3 heterocycles. The summed E-state index contributed by atoms with van der Waals surface area (Å²) in [5, 5.41) is 0. The summed E-state index contributed by atoms with van der Waals surface area (Å²) in [4.78, 5) is 114. The number of carbonyl (C=O) groups excluding carboxylic acids is 7. The van der Waals surface area contributed by atoms with Crippen LogP contribution in [0.4, 0.5) is 0 Å². The number of esters is 1. The van der Waals surface area contributed by atoms with Gasteiger partial charge in [-0.25, -0.2) is 9.78 Å². The van der Waals surface area contributed by atoms with Crippen LogP contribution in [-0.4, -0.2) is 188 Å². The van der Waals surface area contributed by atoms with Gasteiger partial charge in [0, 0.05) is 74.5 Å². The van der Waals surface area contributed by atoms with Crippen LogP contribution in [0.2, 0.25) is 0 Å². The highest BCUT2D eigenvalue weighted by Crippen LogP contribution is 2.33. The summed E-state index contributed by atoms with van der Waals surface area (Å²) >= 11 is 0. The number of piperidine rings is 1. The molecule has 0 radical (unpaired) electrons. The molecular formula is C51H69N7O11. The van der Waals surface area contributed by atoms with Crippen molar-refractivity contribution in [1.82, 2.24) is 34.4 Å². The minimum atomic E-state index is -1.56. The summed E-state index contributed by atoms with van der Waals surface area (Å²) in [6.45, 7) is 5.36. The molecule has 8 atom stereocenters. The average molecular weight is 956 g/mol. The first-order valence-corrected chi connectivity index (χ1v) is 23.3. The van der Waals surface area contributed by atoms with Gasteiger partial charge in [-0.15, -0.1) is 0 Å². The number of methoxy groups -OCH3 is 4. The third-order valence-electron chi connectivity index (χ3n) is 14.1. The number of amides is 6. The molecule has 8 unspecified atom stereocenters. The smallest absolute Gasteiger partial charge is 0.336 e. The van der Waals surface area contributed by atoms with Crippen molar-refractivity contribution in [2.24, 2.45) is 0 Å². The molecule has 0 N–H and O–H groups in total.